The van der Waals surface area contributed by atoms with Gasteiger partial charge in [0.1, 0.15) is 0 Å². The van der Waals surface area contributed by atoms with Gasteiger partial charge in [-0.3, -0.25) is 0 Å². The maximum Gasteiger partial charge on any atom is 0.0752 e. The van der Waals surface area contributed by atoms with Crippen molar-refractivity contribution >= 4 is 29.4 Å². The summed E-state index contributed by atoms with van der Waals surface area (Å²) in [6.07, 6.45) is 1.41. The quantitative estimate of drug-likeness (QED) is 0.500. The molecule has 0 saturated heterocycles. The topological polar surface area (TPSA) is 37.5 Å². The van der Waals surface area contributed by atoms with E-state index in [9.17, 15) is 0 Å². The zero-order valence-corrected chi connectivity index (χ0v) is 11.5. The van der Waals surface area contributed by atoms with E-state index in [0.717, 1.165) is 22.6 Å². The minimum absolute atomic E-state index is 0.513. The lowest BCUT2D eigenvalue weighted by molar-refractivity contribution is 0.322. The van der Waals surface area contributed by atoms with Crippen LogP contribution in [0.15, 0.2) is 29.4 Å². The number of oxime groups is 1. The van der Waals surface area contributed by atoms with Gasteiger partial charge in [0.05, 0.1) is 16.3 Å². The molecular formula is C13H12Cl2N2O. The second-order valence-corrected chi connectivity index (χ2v) is 4.82. The van der Waals surface area contributed by atoms with Crippen LogP contribution in [-0.2, 0) is 0 Å². The van der Waals surface area contributed by atoms with Gasteiger partial charge in [0, 0.05) is 22.6 Å². The van der Waals surface area contributed by atoms with Crippen molar-refractivity contribution in [1.82, 2.24) is 4.57 Å². The molecule has 0 atom stereocenters. The lowest BCUT2D eigenvalue weighted by Gasteiger charge is -2.10. The number of rotatable bonds is 2. The van der Waals surface area contributed by atoms with Crippen LogP contribution in [0.25, 0.3) is 5.69 Å². The van der Waals surface area contributed by atoms with Gasteiger partial charge in [0.15, 0.2) is 0 Å². The van der Waals surface area contributed by atoms with Gasteiger partial charge in [0.25, 0.3) is 0 Å². The van der Waals surface area contributed by atoms with Crippen LogP contribution in [0.3, 0.4) is 0 Å². The molecule has 1 aromatic heterocycles. The van der Waals surface area contributed by atoms with Crippen LogP contribution >= 0.6 is 23.2 Å². The van der Waals surface area contributed by atoms with E-state index in [1.165, 1.54) is 6.21 Å². The van der Waals surface area contributed by atoms with Gasteiger partial charge >= 0.3 is 0 Å². The minimum atomic E-state index is 0.513. The van der Waals surface area contributed by atoms with Gasteiger partial charge in [0.2, 0.25) is 0 Å². The number of nitrogens with zero attached hydrogens (tertiary/aromatic N) is 2. The van der Waals surface area contributed by atoms with Crippen molar-refractivity contribution in [2.75, 3.05) is 0 Å². The number of aromatic nitrogens is 1. The number of hydrogen-bond acceptors (Lipinski definition) is 2. The fourth-order valence-corrected chi connectivity index (χ4v) is 2.29. The lowest BCUT2D eigenvalue weighted by atomic mass is 10.2. The highest BCUT2D eigenvalue weighted by Gasteiger charge is 2.10. The molecule has 0 saturated carbocycles. The van der Waals surface area contributed by atoms with Gasteiger partial charge in [-0.25, -0.2) is 0 Å². The normalized spacial score (nSPS) is 11.3. The molecule has 0 spiro atoms. The Morgan fingerprint density at radius 1 is 1.17 bits per heavy atom. The minimum Gasteiger partial charge on any atom is -0.411 e. The third kappa shape index (κ3) is 2.24. The first-order valence-corrected chi connectivity index (χ1v) is 6.12. The standard InChI is InChI=1S/C13H12Cl2N2O/c1-8-5-10(7-16-18)9(2)17(8)11-3-4-12(14)13(15)6-11/h3-7,18H,1-2H3/b16-7-. The van der Waals surface area contributed by atoms with Crippen molar-refractivity contribution in [3.05, 3.63) is 51.3 Å². The molecular weight excluding hydrogens is 271 g/mol. The Bertz CT molecular complexity index is 618. The summed E-state index contributed by atoms with van der Waals surface area (Å²) in [6.45, 7) is 3.93. The van der Waals surface area contributed by atoms with Crippen LogP contribution in [-0.4, -0.2) is 16.0 Å². The first-order chi connectivity index (χ1) is 8.54. The maximum absolute atomic E-state index is 8.62. The summed E-state index contributed by atoms with van der Waals surface area (Å²) in [5.41, 5.74) is 3.79. The molecule has 3 nitrogen and oxygen atoms in total. The summed E-state index contributed by atoms with van der Waals surface area (Å²) in [4.78, 5) is 0. The van der Waals surface area contributed by atoms with E-state index < -0.39 is 0 Å². The number of benzene rings is 1. The van der Waals surface area contributed by atoms with Crippen LogP contribution < -0.4 is 0 Å². The predicted molar refractivity (Wildman–Crippen MR) is 74.6 cm³/mol. The highest BCUT2D eigenvalue weighted by Crippen LogP contribution is 2.27. The molecule has 2 aromatic rings. The summed E-state index contributed by atoms with van der Waals surface area (Å²) in [5.74, 6) is 0. The molecule has 0 bridgehead atoms. The van der Waals surface area contributed by atoms with Gasteiger partial charge in [-0.1, -0.05) is 28.4 Å². The fourth-order valence-electron chi connectivity index (χ4n) is 2.00. The van der Waals surface area contributed by atoms with Crippen molar-refractivity contribution < 1.29 is 5.21 Å². The Morgan fingerprint density at radius 2 is 1.89 bits per heavy atom. The Kier molecular flexibility index (Phi) is 3.64. The van der Waals surface area contributed by atoms with Gasteiger partial charge in [-0.15, -0.1) is 0 Å². The fraction of sp³-hybridized carbons (Fsp3) is 0.154. The van der Waals surface area contributed by atoms with E-state index >= 15 is 0 Å². The van der Waals surface area contributed by atoms with Crippen LogP contribution in [0, 0.1) is 13.8 Å². The van der Waals surface area contributed by atoms with Crippen molar-refractivity contribution in [3.8, 4) is 5.69 Å². The van der Waals surface area contributed by atoms with E-state index in [2.05, 4.69) is 5.16 Å². The molecule has 1 aromatic carbocycles. The zero-order chi connectivity index (χ0) is 13.3. The molecule has 0 fully saturated rings. The molecule has 0 aliphatic heterocycles. The molecule has 0 aliphatic carbocycles. The third-order valence-electron chi connectivity index (χ3n) is 2.83. The second kappa shape index (κ2) is 5.04. The second-order valence-electron chi connectivity index (χ2n) is 4.00. The molecule has 0 amide bonds. The first kappa shape index (κ1) is 13.0. The molecule has 18 heavy (non-hydrogen) atoms. The highest BCUT2D eigenvalue weighted by molar-refractivity contribution is 6.42. The van der Waals surface area contributed by atoms with E-state index in [-0.39, 0.29) is 0 Å². The van der Waals surface area contributed by atoms with Gasteiger partial charge < -0.3 is 9.77 Å². The van der Waals surface area contributed by atoms with Crippen molar-refractivity contribution in [2.24, 2.45) is 5.16 Å². The van der Waals surface area contributed by atoms with Crippen LogP contribution in [0.1, 0.15) is 17.0 Å². The molecule has 0 aliphatic rings. The average molecular weight is 283 g/mol. The summed E-state index contributed by atoms with van der Waals surface area (Å²) >= 11 is 11.9. The van der Waals surface area contributed by atoms with Crippen LogP contribution in [0.2, 0.25) is 10.0 Å². The smallest absolute Gasteiger partial charge is 0.0752 e. The Hall–Kier alpha value is -1.45. The molecule has 1 heterocycles. The zero-order valence-electron chi connectivity index (χ0n) is 9.98. The Labute approximate surface area is 115 Å². The number of hydrogen-bond donors (Lipinski definition) is 1. The number of halogens is 2. The van der Waals surface area contributed by atoms with Gasteiger partial charge in [-0.05, 0) is 38.1 Å². The molecule has 2 rings (SSSR count). The third-order valence-corrected chi connectivity index (χ3v) is 3.57. The van der Waals surface area contributed by atoms with E-state index in [1.807, 2.05) is 36.6 Å². The molecule has 0 unspecified atom stereocenters. The van der Waals surface area contributed by atoms with Crippen molar-refractivity contribution in [2.45, 2.75) is 13.8 Å². The highest BCUT2D eigenvalue weighted by atomic mass is 35.5. The predicted octanol–water partition coefficient (Wildman–Crippen LogP) is 4.21. The van der Waals surface area contributed by atoms with Crippen LogP contribution in [0.4, 0.5) is 0 Å². The van der Waals surface area contributed by atoms with E-state index in [4.69, 9.17) is 28.4 Å². The molecule has 5 heteroatoms. The van der Waals surface area contributed by atoms with E-state index in [1.54, 1.807) is 6.07 Å². The number of aryl methyl sites for hydroxylation is 1. The summed E-state index contributed by atoms with van der Waals surface area (Å²) < 4.78 is 2.03. The Morgan fingerprint density at radius 3 is 2.50 bits per heavy atom. The summed E-state index contributed by atoms with van der Waals surface area (Å²) in [6, 6.07) is 7.41. The average Bonchev–Trinajstić information content (AvgIpc) is 2.59. The molecule has 0 radical (unpaired) electrons. The SMILES string of the molecule is Cc1cc(/C=N\O)c(C)n1-c1ccc(Cl)c(Cl)c1. The Balaban J connectivity index is 2.60. The monoisotopic (exact) mass is 282 g/mol. The van der Waals surface area contributed by atoms with Crippen LogP contribution in [0.5, 0.6) is 0 Å². The van der Waals surface area contributed by atoms with Crippen molar-refractivity contribution in [3.63, 3.8) is 0 Å². The maximum atomic E-state index is 8.62. The summed E-state index contributed by atoms with van der Waals surface area (Å²) in [7, 11) is 0. The summed E-state index contributed by atoms with van der Waals surface area (Å²) in [5, 5.41) is 12.7. The molecule has 94 valence electrons. The van der Waals surface area contributed by atoms with Gasteiger partial charge in [-0.2, -0.15) is 0 Å². The van der Waals surface area contributed by atoms with E-state index in [0.29, 0.717) is 10.0 Å². The first-order valence-electron chi connectivity index (χ1n) is 5.36. The molecule has 1 N–H and O–H groups in total. The van der Waals surface area contributed by atoms with Crippen molar-refractivity contribution in [1.29, 1.82) is 0 Å². The lowest BCUT2D eigenvalue weighted by Crippen LogP contribution is -1.99. The largest absolute Gasteiger partial charge is 0.411 e.